The van der Waals surface area contributed by atoms with E-state index in [1.165, 1.54) is 5.56 Å². The summed E-state index contributed by atoms with van der Waals surface area (Å²) in [4.78, 5) is 27.8. The van der Waals surface area contributed by atoms with Crippen molar-refractivity contribution in [2.75, 3.05) is 17.3 Å². The minimum atomic E-state index is -1.15. The molecule has 2 aliphatic rings. The number of benzene rings is 2. The molecule has 0 saturated heterocycles. The molecule has 3 aromatic rings. The summed E-state index contributed by atoms with van der Waals surface area (Å²) < 4.78 is 1.74. The molecule has 1 unspecified atom stereocenters. The molecule has 1 atom stereocenters. The molecule has 0 bridgehead atoms. The average Bonchev–Trinajstić information content (AvgIpc) is 3.18. The second kappa shape index (κ2) is 6.19. The van der Waals surface area contributed by atoms with E-state index >= 15 is 0 Å². The van der Waals surface area contributed by atoms with Crippen LogP contribution in [0.3, 0.4) is 0 Å². The van der Waals surface area contributed by atoms with Gasteiger partial charge in [0.05, 0.1) is 12.7 Å². The topological polar surface area (TPSA) is 67.2 Å². The number of amides is 2. The number of nitrogens with one attached hydrogen (secondary N) is 1. The molecule has 5 rings (SSSR count). The van der Waals surface area contributed by atoms with E-state index in [0.717, 1.165) is 11.3 Å². The third-order valence-corrected chi connectivity index (χ3v) is 6.20. The molecule has 2 aliphatic heterocycles. The number of hydrogen-bond acceptors (Lipinski definition) is 3. The Labute approximate surface area is 173 Å². The van der Waals surface area contributed by atoms with Gasteiger partial charge < -0.3 is 10.2 Å². The Kier molecular flexibility index (Phi) is 3.83. The van der Waals surface area contributed by atoms with Gasteiger partial charge in [-0.15, -0.1) is 0 Å². The second-order valence-corrected chi connectivity index (χ2v) is 8.09. The number of aryl methyl sites for hydroxylation is 1. The van der Waals surface area contributed by atoms with Crippen LogP contribution in [0.4, 0.5) is 11.5 Å². The molecule has 0 aliphatic carbocycles. The van der Waals surface area contributed by atoms with Gasteiger partial charge in [0.15, 0.2) is 0 Å². The summed E-state index contributed by atoms with van der Waals surface area (Å²) in [5.74, 6) is 0.167. The Hall–Kier alpha value is -3.12. The smallest absolute Gasteiger partial charge is 0.242 e. The van der Waals surface area contributed by atoms with Gasteiger partial charge in [0.1, 0.15) is 11.2 Å². The van der Waals surface area contributed by atoms with Crippen LogP contribution in [0.2, 0.25) is 5.02 Å². The van der Waals surface area contributed by atoms with Gasteiger partial charge >= 0.3 is 0 Å². The number of nitrogens with zero attached hydrogens (tertiary/aromatic N) is 3. The normalized spacial score (nSPS) is 20.0. The van der Waals surface area contributed by atoms with Crippen LogP contribution >= 0.6 is 11.6 Å². The second-order valence-electron chi connectivity index (χ2n) is 7.68. The highest BCUT2D eigenvalue weighted by atomic mass is 35.5. The zero-order valence-corrected chi connectivity index (χ0v) is 16.8. The number of anilines is 2. The minimum absolute atomic E-state index is 0.0101. The quantitative estimate of drug-likeness (QED) is 0.708. The van der Waals surface area contributed by atoms with Crippen LogP contribution in [0.25, 0.3) is 0 Å². The van der Waals surface area contributed by atoms with Crippen LogP contribution in [0.5, 0.6) is 0 Å². The Morgan fingerprint density at radius 3 is 2.69 bits per heavy atom. The van der Waals surface area contributed by atoms with Gasteiger partial charge in [-0.25, -0.2) is 4.68 Å². The number of hydrogen-bond donors (Lipinski definition) is 1. The van der Waals surface area contributed by atoms with Gasteiger partial charge in [-0.3, -0.25) is 9.59 Å². The molecule has 29 heavy (non-hydrogen) atoms. The number of aromatic nitrogens is 2. The van der Waals surface area contributed by atoms with Crippen molar-refractivity contribution >= 4 is 34.9 Å². The monoisotopic (exact) mass is 406 g/mol. The molecule has 7 heteroatoms. The maximum atomic E-state index is 13.5. The van der Waals surface area contributed by atoms with Crippen LogP contribution in [0.1, 0.15) is 28.7 Å². The molecular weight excluding hydrogens is 388 g/mol. The van der Waals surface area contributed by atoms with E-state index in [2.05, 4.69) is 10.4 Å². The van der Waals surface area contributed by atoms with Crippen LogP contribution in [0, 0.1) is 6.92 Å². The zero-order chi connectivity index (χ0) is 20.3. The summed E-state index contributed by atoms with van der Waals surface area (Å²) in [7, 11) is 1.72. The van der Waals surface area contributed by atoms with Gasteiger partial charge in [-0.2, -0.15) is 5.10 Å². The first-order valence-electron chi connectivity index (χ1n) is 9.40. The molecule has 0 fully saturated rings. The summed E-state index contributed by atoms with van der Waals surface area (Å²) in [6.45, 7) is 2.53. The van der Waals surface area contributed by atoms with E-state index in [-0.39, 0.29) is 18.2 Å². The molecule has 2 aromatic carbocycles. The van der Waals surface area contributed by atoms with Crippen molar-refractivity contribution in [1.82, 2.24) is 9.78 Å². The van der Waals surface area contributed by atoms with Gasteiger partial charge in [0.25, 0.3) is 0 Å². The Bertz CT molecular complexity index is 1170. The fraction of sp³-hybridized carbons (Fsp3) is 0.227. The fourth-order valence-corrected chi connectivity index (χ4v) is 4.79. The van der Waals surface area contributed by atoms with E-state index in [1.807, 2.05) is 43.3 Å². The lowest BCUT2D eigenvalue weighted by molar-refractivity contribution is -0.126. The maximum Gasteiger partial charge on any atom is 0.242 e. The highest BCUT2D eigenvalue weighted by Gasteiger charge is 2.57. The number of halogens is 1. The Balaban J connectivity index is 1.68. The van der Waals surface area contributed by atoms with E-state index in [9.17, 15) is 9.59 Å². The maximum absolute atomic E-state index is 13.5. The lowest BCUT2D eigenvalue weighted by Crippen LogP contribution is -2.45. The molecule has 6 nitrogen and oxygen atoms in total. The molecule has 3 heterocycles. The molecule has 1 N–H and O–H groups in total. The van der Waals surface area contributed by atoms with Crippen LogP contribution < -0.4 is 10.2 Å². The Morgan fingerprint density at radius 2 is 1.93 bits per heavy atom. The first-order chi connectivity index (χ1) is 13.9. The van der Waals surface area contributed by atoms with Crippen molar-refractivity contribution in [3.63, 3.8) is 0 Å². The molecule has 0 radical (unpaired) electrons. The molecular formula is C22H19ClN4O2. The third-order valence-electron chi connectivity index (χ3n) is 5.89. The largest absolute Gasteiger partial charge is 0.314 e. The number of carbonyl (C=O) groups excluding carboxylic acids is 2. The van der Waals surface area contributed by atoms with E-state index in [1.54, 1.807) is 28.9 Å². The number of fused-ring (bicyclic) bond motifs is 4. The van der Waals surface area contributed by atoms with Crippen molar-refractivity contribution in [3.05, 3.63) is 75.9 Å². The van der Waals surface area contributed by atoms with Crippen LogP contribution in [-0.2, 0) is 21.5 Å². The SMILES string of the molecule is Cc1ccc(Cn2ncc3c2NC(=O)CC32C(=O)N(C)c3cccc(Cl)c32)cc1. The van der Waals surface area contributed by atoms with Crippen LogP contribution in [-0.4, -0.2) is 28.6 Å². The average molecular weight is 407 g/mol. The van der Waals surface area contributed by atoms with Crippen molar-refractivity contribution in [2.24, 2.45) is 0 Å². The number of likely N-dealkylation sites (N-methyl/N-ethyl adjacent to an activating group) is 1. The number of rotatable bonds is 2. The lowest BCUT2D eigenvalue weighted by atomic mass is 9.71. The van der Waals surface area contributed by atoms with Gasteiger partial charge in [-0.1, -0.05) is 47.5 Å². The molecule has 1 spiro atoms. The lowest BCUT2D eigenvalue weighted by Gasteiger charge is -2.32. The van der Waals surface area contributed by atoms with E-state index in [4.69, 9.17) is 11.6 Å². The molecule has 1 aromatic heterocycles. The molecule has 0 saturated carbocycles. The summed E-state index contributed by atoms with van der Waals surface area (Å²) in [5.41, 5.74) is 3.19. The van der Waals surface area contributed by atoms with Crippen LogP contribution in [0.15, 0.2) is 48.7 Å². The fourth-order valence-electron chi connectivity index (χ4n) is 4.46. The van der Waals surface area contributed by atoms with Crippen molar-refractivity contribution in [3.8, 4) is 0 Å². The molecule has 146 valence electrons. The van der Waals surface area contributed by atoms with Gasteiger partial charge in [0.2, 0.25) is 11.8 Å². The molecule has 2 amide bonds. The van der Waals surface area contributed by atoms with E-state index in [0.29, 0.717) is 28.5 Å². The number of carbonyl (C=O) groups is 2. The van der Waals surface area contributed by atoms with Crippen molar-refractivity contribution < 1.29 is 9.59 Å². The zero-order valence-electron chi connectivity index (χ0n) is 16.1. The Morgan fingerprint density at radius 1 is 1.17 bits per heavy atom. The standard InChI is InChI=1S/C22H19ClN4O2/c1-13-6-8-14(9-7-13)12-27-20-15(11-24-27)22(10-18(28)25-20)19-16(23)4-3-5-17(19)26(2)21(22)29/h3-9,11H,10,12H2,1-2H3,(H,25,28). The van der Waals surface area contributed by atoms with E-state index < -0.39 is 5.41 Å². The highest BCUT2D eigenvalue weighted by molar-refractivity contribution is 6.33. The summed E-state index contributed by atoms with van der Waals surface area (Å²) in [6.07, 6.45) is 1.70. The van der Waals surface area contributed by atoms with Crippen molar-refractivity contribution in [1.29, 1.82) is 0 Å². The minimum Gasteiger partial charge on any atom is -0.314 e. The predicted octanol–water partition coefficient (Wildman–Crippen LogP) is 3.50. The first kappa shape index (κ1) is 17.9. The summed E-state index contributed by atoms with van der Waals surface area (Å²) in [6, 6.07) is 13.6. The summed E-state index contributed by atoms with van der Waals surface area (Å²) >= 11 is 6.55. The van der Waals surface area contributed by atoms with Gasteiger partial charge in [0, 0.05) is 35.3 Å². The van der Waals surface area contributed by atoms with Crippen molar-refractivity contribution in [2.45, 2.75) is 25.3 Å². The van der Waals surface area contributed by atoms with Gasteiger partial charge in [-0.05, 0) is 24.6 Å². The third kappa shape index (κ3) is 2.45. The summed E-state index contributed by atoms with van der Waals surface area (Å²) in [5, 5.41) is 7.92. The first-order valence-corrected chi connectivity index (χ1v) is 9.78. The highest BCUT2D eigenvalue weighted by Crippen LogP contribution is 2.53. The predicted molar refractivity (Wildman–Crippen MR) is 111 cm³/mol.